The summed E-state index contributed by atoms with van der Waals surface area (Å²) in [6, 6.07) is 0. The summed E-state index contributed by atoms with van der Waals surface area (Å²) in [6.07, 6.45) is 2.44. The van der Waals surface area contributed by atoms with E-state index in [0.717, 1.165) is 11.8 Å². The molecule has 0 heterocycles. The largest absolute Gasteiger partial charge is 2.00 e. The second-order valence-electron chi connectivity index (χ2n) is 1.84. The Morgan fingerprint density at radius 1 is 1.38 bits per heavy atom. The molecule has 0 aliphatic heterocycles. The van der Waals surface area contributed by atoms with Crippen molar-refractivity contribution >= 4 is 34.7 Å². The van der Waals surface area contributed by atoms with Crippen molar-refractivity contribution < 1.29 is 2.85 Å². The van der Waals surface area contributed by atoms with Crippen LogP contribution in [0.4, 0.5) is 0 Å². The van der Waals surface area contributed by atoms with Gasteiger partial charge in [-0.15, -0.1) is 11.6 Å². The summed E-state index contributed by atoms with van der Waals surface area (Å²) in [7, 11) is 0. The van der Waals surface area contributed by atoms with Gasteiger partial charge in [-0.25, -0.2) is 0 Å². The van der Waals surface area contributed by atoms with Crippen LogP contribution in [-0.2, 0) is 0 Å². The van der Waals surface area contributed by atoms with E-state index in [4.69, 9.17) is 11.6 Å². The van der Waals surface area contributed by atoms with Gasteiger partial charge in [0.2, 0.25) is 0 Å². The Labute approximate surface area is 76.1 Å². The molecule has 0 amide bonds. The molecule has 0 atom stereocenters. The molecule has 0 aliphatic carbocycles. The van der Waals surface area contributed by atoms with Crippen LogP contribution in [-0.4, -0.2) is 28.9 Å². The Hall–Kier alpha value is 1.06. The molecule has 0 bridgehead atoms. The molecule has 0 aromatic heterocycles. The topological polar surface area (TPSA) is 0 Å². The average Bonchev–Trinajstić information content (AvgIpc) is 1.72. The minimum atomic E-state index is 0. The SMILES string of the molecule is CCC(CC)CCl.[H-].[H-].[Mg+2]. The van der Waals surface area contributed by atoms with E-state index >= 15 is 0 Å². The number of hydrogen-bond donors (Lipinski definition) is 0. The fourth-order valence-corrected chi connectivity index (χ4v) is 0.943. The van der Waals surface area contributed by atoms with Crippen molar-refractivity contribution in [3.05, 3.63) is 0 Å². The Morgan fingerprint density at radius 2 is 1.75 bits per heavy atom. The molecule has 0 aromatic rings. The summed E-state index contributed by atoms with van der Waals surface area (Å²) in [6.45, 7) is 4.35. The minimum absolute atomic E-state index is 0. The molecule has 0 unspecified atom stereocenters. The van der Waals surface area contributed by atoms with Crippen molar-refractivity contribution in [2.75, 3.05) is 5.88 Å². The molecule has 2 heteroatoms. The molecule has 0 aliphatic rings. The van der Waals surface area contributed by atoms with Crippen LogP contribution in [0, 0.1) is 5.92 Å². The van der Waals surface area contributed by atoms with E-state index < -0.39 is 0 Å². The van der Waals surface area contributed by atoms with Gasteiger partial charge in [0.1, 0.15) is 0 Å². The van der Waals surface area contributed by atoms with E-state index in [2.05, 4.69) is 13.8 Å². The van der Waals surface area contributed by atoms with Crippen LogP contribution in [0.25, 0.3) is 0 Å². The van der Waals surface area contributed by atoms with Crippen LogP contribution in [0.2, 0.25) is 0 Å². The predicted molar refractivity (Wildman–Crippen MR) is 42.8 cm³/mol. The van der Waals surface area contributed by atoms with Gasteiger partial charge in [-0.1, -0.05) is 26.7 Å². The molecule has 0 saturated heterocycles. The van der Waals surface area contributed by atoms with Gasteiger partial charge in [0, 0.05) is 5.88 Å². The molecule has 8 heavy (non-hydrogen) atoms. The molecule has 0 fully saturated rings. The first-order valence-corrected chi connectivity index (χ1v) is 3.44. The number of hydrogen-bond acceptors (Lipinski definition) is 0. The normalized spacial score (nSPS) is 9.00. The summed E-state index contributed by atoms with van der Waals surface area (Å²) in [5, 5.41) is 0. The Bertz CT molecular complexity index is 37.2. The van der Waals surface area contributed by atoms with E-state index in [-0.39, 0.29) is 25.9 Å². The van der Waals surface area contributed by atoms with E-state index in [1.165, 1.54) is 12.8 Å². The predicted octanol–water partition coefficient (Wildman–Crippen LogP) is 2.51. The number of alkyl halides is 1. The fraction of sp³-hybridized carbons (Fsp3) is 1.00. The van der Waals surface area contributed by atoms with E-state index in [1.807, 2.05) is 0 Å². The molecule has 48 valence electrons. The third-order valence-corrected chi connectivity index (χ3v) is 1.81. The van der Waals surface area contributed by atoms with Crippen LogP contribution < -0.4 is 0 Å². The molecule has 0 N–H and O–H groups in total. The zero-order valence-corrected chi connectivity index (χ0v) is 7.95. The van der Waals surface area contributed by atoms with Crippen LogP contribution in [0.5, 0.6) is 0 Å². The number of rotatable bonds is 3. The molecular formula is C6H15ClMg. The summed E-state index contributed by atoms with van der Waals surface area (Å²) < 4.78 is 0. The van der Waals surface area contributed by atoms with Gasteiger partial charge in [0.05, 0.1) is 0 Å². The van der Waals surface area contributed by atoms with Crippen molar-refractivity contribution in [3.63, 3.8) is 0 Å². The van der Waals surface area contributed by atoms with E-state index in [9.17, 15) is 0 Å². The third-order valence-electron chi connectivity index (χ3n) is 1.37. The second kappa shape index (κ2) is 8.06. The van der Waals surface area contributed by atoms with Crippen LogP contribution in [0.1, 0.15) is 29.5 Å². The Balaban J connectivity index is -0.0000000600. The van der Waals surface area contributed by atoms with Crippen molar-refractivity contribution in [2.45, 2.75) is 26.7 Å². The zero-order chi connectivity index (χ0) is 5.70. The Kier molecular flexibility index (Phi) is 11.9. The molecule has 0 rings (SSSR count). The summed E-state index contributed by atoms with van der Waals surface area (Å²) in [5.74, 6) is 1.58. The molecule has 0 spiro atoms. The van der Waals surface area contributed by atoms with Crippen molar-refractivity contribution in [1.82, 2.24) is 0 Å². The summed E-state index contributed by atoms with van der Waals surface area (Å²) in [5.41, 5.74) is 0. The fourth-order valence-electron chi connectivity index (χ4n) is 0.507. The molecule has 0 radical (unpaired) electrons. The van der Waals surface area contributed by atoms with Crippen molar-refractivity contribution in [1.29, 1.82) is 0 Å². The second-order valence-corrected chi connectivity index (χ2v) is 2.15. The van der Waals surface area contributed by atoms with Crippen molar-refractivity contribution in [3.8, 4) is 0 Å². The van der Waals surface area contributed by atoms with Gasteiger partial charge in [-0.2, -0.15) is 0 Å². The Morgan fingerprint density at radius 3 is 1.75 bits per heavy atom. The quantitative estimate of drug-likeness (QED) is 0.424. The van der Waals surface area contributed by atoms with Crippen LogP contribution >= 0.6 is 11.6 Å². The van der Waals surface area contributed by atoms with E-state index in [0.29, 0.717) is 0 Å². The average molecular weight is 147 g/mol. The molecular weight excluding hydrogens is 132 g/mol. The summed E-state index contributed by atoms with van der Waals surface area (Å²) >= 11 is 5.57. The maximum Gasteiger partial charge on any atom is 2.00 e. The first kappa shape index (κ1) is 11.8. The van der Waals surface area contributed by atoms with Crippen LogP contribution in [0.15, 0.2) is 0 Å². The van der Waals surface area contributed by atoms with Gasteiger partial charge in [0.15, 0.2) is 0 Å². The first-order valence-electron chi connectivity index (χ1n) is 2.91. The maximum absolute atomic E-state index is 5.57. The molecule has 0 aromatic carbocycles. The smallest absolute Gasteiger partial charge is 1.00 e. The standard InChI is InChI=1S/C6H13Cl.Mg.2H/c1-3-6(4-2)5-7;;;/h6H,3-5H2,1-2H3;;;/q;+2;2*-1. The van der Waals surface area contributed by atoms with Gasteiger partial charge in [-0.3, -0.25) is 0 Å². The van der Waals surface area contributed by atoms with Crippen LogP contribution in [0.3, 0.4) is 0 Å². The molecule has 0 nitrogen and oxygen atoms in total. The van der Waals surface area contributed by atoms with Gasteiger partial charge in [0.25, 0.3) is 0 Å². The monoisotopic (exact) mass is 146 g/mol. The maximum atomic E-state index is 5.57. The van der Waals surface area contributed by atoms with Gasteiger partial charge in [-0.05, 0) is 5.92 Å². The molecule has 0 saturated carbocycles. The minimum Gasteiger partial charge on any atom is -1.00 e. The van der Waals surface area contributed by atoms with Crippen molar-refractivity contribution in [2.24, 2.45) is 5.92 Å². The first-order chi connectivity index (χ1) is 3.35. The number of halogens is 1. The third kappa shape index (κ3) is 5.20. The van der Waals surface area contributed by atoms with Gasteiger partial charge >= 0.3 is 23.1 Å². The summed E-state index contributed by atoms with van der Waals surface area (Å²) in [4.78, 5) is 0. The van der Waals surface area contributed by atoms with Gasteiger partial charge < -0.3 is 2.85 Å². The zero-order valence-electron chi connectivity index (χ0n) is 7.78. The van der Waals surface area contributed by atoms with E-state index in [1.54, 1.807) is 0 Å².